The highest BCUT2D eigenvalue weighted by atomic mass is 35.5. The Kier molecular flexibility index (Phi) is 6.64. The average Bonchev–Trinajstić information content (AvgIpc) is 3.27. The van der Waals surface area contributed by atoms with Gasteiger partial charge in [0.05, 0.1) is 11.4 Å². The Morgan fingerprint density at radius 3 is 2.59 bits per heavy atom. The van der Waals surface area contributed by atoms with E-state index in [0.717, 1.165) is 18.4 Å². The molecule has 1 saturated heterocycles. The first-order chi connectivity index (χ1) is 15.3. The summed E-state index contributed by atoms with van der Waals surface area (Å²) in [6.45, 7) is 3.08. The van der Waals surface area contributed by atoms with Crippen molar-refractivity contribution in [3.63, 3.8) is 0 Å². The predicted molar refractivity (Wildman–Crippen MR) is 123 cm³/mol. The molecule has 0 radical (unpaired) electrons. The molecule has 1 fully saturated rings. The number of aromatic nitrogens is 1. The van der Waals surface area contributed by atoms with Gasteiger partial charge in [0.2, 0.25) is 15.9 Å². The summed E-state index contributed by atoms with van der Waals surface area (Å²) < 4.78 is 32.7. The highest BCUT2D eigenvalue weighted by Crippen LogP contribution is 2.25. The van der Waals surface area contributed by atoms with Gasteiger partial charge in [-0.3, -0.25) is 4.79 Å². The lowest BCUT2D eigenvalue weighted by Gasteiger charge is -2.29. The van der Waals surface area contributed by atoms with Crippen molar-refractivity contribution in [3.05, 3.63) is 65.2 Å². The summed E-state index contributed by atoms with van der Waals surface area (Å²) in [7, 11) is -3.62. The average molecular weight is 474 g/mol. The molecule has 1 aliphatic heterocycles. The fraction of sp³-hybridized carbons (Fsp3) is 0.304. The number of sulfonamides is 1. The number of carbonyl (C=O) groups excluding carboxylic acids is 1. The number of benzene rings is 2. The van der Waals surface area contributed by atoms with E-state index in [-0.39, 0.29) is 17.2 Å². The molecule has 32 heavy (non-hydrogen) atoms. The standard InChI is InChI=1S/C23H24ClN3O4S/c1-16-9-11-27(12-10-16)32(29,30)20-4-2-3-18(13-20)22(28)15-25-23-14-21(26-31-23)17-5-7-19(24)8-6-17/h2-8,13-14,16,25H,9-12,15H2,1H3. The van der Waals surface area contributed by atoms with Crippen molar-refractivity contribution in [1.82, 2.24) is 9.46 Å². The van der Waals surface area contributed by atoms with Crippen LogP contribution >= 0.6 is 11.6 Å². The Balaban J connectivity index is 1.42. The third kappa shape index (κ3) is 5.03. The maximum absolute atomic E-state index is 13.0. The largest absolute Gasteiger partial charge is 0.347 e. The van der Waals surface area contributed by atoms with E-state index in [2.05, 4.69) is 17.4 Å². The van der Waals surface area contributed by atoms with Crippen LogP contribution in [0.3, 0.4) is 0 Å². The van der Waals surface area contributed by atoms with Gasteiger partial charge >= 0.3 is 0 Å². The van der Waals surface area contributed by atoms with Gasteiger partial charge in [0.15, 0.2) is 5.78 Å². The van der Waals surface area contributed by atoms with Crippen LogP contribution in [0.25, 0.3) is 11.3 Å². The van der Waals surface area contributed by atoms with E-state index >= 15 is 0 Å². The van der Waals surface area contributed by atoms with Crippen LogP contribution in [0.1, 0.15) is 30.1 Å². The zero-order valence-corrected chi connectivity index (χ0v) is 19.2. The highest BCUT2D eigenvalue weighted by Gasteiger charge is 2.28. The van der Waals surface area contributed by atoms with E-state index in [1.807, 2.05) is 12.1 Å². The monoisotopic (exact) mass is 473 g/mol. The fourth-order valence-electron chi connectivity index (χ4n) is 3.59. The molecule has 0 amide bonds. The van der Waals surface area contributed by atoms with Gasteiger partial charge < -0.3 is 9.84 Å². The van der Waals surface area contributed by atoms with Crippen LogP contribution in [0, 0.1) is 5.92 Å². The Bertz CT molecular complexity index is 1200. The number of nitrogens with one attached hydrogen (secondary N) is 1. The highest BCUT2D eigenvalue weighted by molar-refractivity contribution is 7.89. The molecule has 0 spiro atoms. The van der Waals surface area contributed by atoms with Crippen LogP contribution in [-0.2, 0) is 10.0 Å². The second-order valence-electron chi connectivity index (χ2n) is 7.97. The van der Waals surface area contributed by atoms with E-state index in [1.54, 1.807) is 30.3 Å². The smallest absolute Gasteiger partial charge is 0.243 e. The van der Waals surface area contributed by atoms with Gasteiger partial charge in [-0.15, -0.1) is 0 Å². The molecule has 0 atom stereocenters. The zero-order valence-electron chi connectivity index (χ0n) is 17.6. The number of hydrogen-bond donors (Lipinski definition) is 1. The van der Waals surface area contributed by atoms with Crippen molar-refractivity contribution in [2.24, 2.45) is 5.92 Å². The van der Waals surface area contributed by atoms with Gasteiger partial charge in [0.25, 0.3) is 0 Å². The van der Waals surface area contributed by atoms with Gasteiger partial charge in [-0.2, -0.15) is 4.31 Å². The number of hydrogen-bond acceptors (Lipinski definition) is 6. The van der Waals surface area contributed by atoms with Crippen LogP contribution in [0.4, 0.5) is 5.88 Å². The van der Waals surface area contributed by atoms with Crippen LogP contribution in [0.5, 0.6) is 0 Å². The van der Waals surface area contributed by atoms with Crippen molar-refractivity contribution < 1.29 is 17.7 Å². The lowest BCUT2D eigenvalue weighted by atomic mass is 10.0. The van der Waals surface area contributed by atoms with E-state index in [1.165, 1.54) is 16.4 Å². The Labute approximate surface area is 192 Å². The minimum absolute atomic E-state index is 0.0556. The third-order valence-corrected chi connectivity index (χ3v) is 7.76. The number of piperidine rings is 1. The number of carbonyl (C=O) groups is 1. The van der Waals surface area contributed by atoms with E-state index in [9.17, 15) is 13.2 Å². The molecule has 0 saturated carbocycles. The molecule has 1 aliphatic rings. The third-order valence-electron chi connectivity index (χ3n) is 5.61. The number of halogens is 1. The van der Waals surface area contributed by atoms with Gasteiger partial charge in [-0.1, -0.05) is 47.9 Å². The lowest BCUT2D eigenvalue weighted by molar-refractivity contribution is 0.100. The van der Waals surface area contributed by atoms with Crippen LogP contribution in [0.2, 0.25) is 5.02 Å². The first kappa shape index (κ1) is 22.5. The molecule has 1 aromatic heterocycles. The summed E-state index contributed by atoms with van der Waals surface area (Å²) in [5, 5.41) is 7.53. The Morgan fingerprint density at radius 1 is 1.16 bits per heavy atom. The summed E-state index contributed by atoms with van der Waals surface area (Å²) in [5.41, 5.74) is 1.77. The second kappa shape index (κ2) is 9.44. The van der Waals surface area contributed by atoms with Crippen LogP contribution < -0.4 is 5.32 Å². The number of Topliss-reactive ketones (excluding diaryl/α,β-unsaturated/α-hetero) is 1. The first-order valence-corrected chi connectivity index (χ1v) is 12.2. The molecule has 0 unspecified atom stereocenters. The molecule has 3 aromatic rings. The Morgan fingerprint density at radius 2 is 1.88 bits per heavy atom. The maximum atomic E-state index is 13.0. The topological polar surface area (TPSA) is 92.5 Å². The molecule has 0 aliphatic carbocycles. The zero-order chi connectivity index (χ0) is 22.7. The second-order valence-corrected chi connectivity index (χ2v) is 10.3. The van der Waals surface area contributed by atoms with Gasteiger partial charge in [0.1, 0.15) is 5.69 Å². The van der Waals surface area contributed by atoms with Crippen LogP contribution in [-0.4, -0.2) is 43.3 Å². The molecule has 0 bridgehead atoms. The number of nitrogens with zero attached hydrogens (tertiary/aromatic N) is 2. The van der Waals surface area contributed by atoms with Crippen molar-refractivity contribution in [1.29, 1.82) is 0 Å². The molecular formula is C23H24ClN3O4S. The molecule has 9 heteroatoms. The summed E-state index contributed by atoms with van der Waals surface area (Å²) in [6.07, 6.45) is 1.69. The van der Waals surface area contributed by atoms with Gasteiger partial charge in [-0.25, -0.2) is 8.42 Å². The van der Waals surface area contributed by atoms with Crippen molar-refractivity contribution in [3.8, 4) is 11.3 Å². The van der Waals surface area contributed by atoms with E-state index in [0.29, 0.717) is 41.2 Å². The Hall–Kier alpha value is -2.68. The summed E-state index contributed by atoms with van der Waals surface area (Å²) in [5.74, 6) is 0.616. The maximum Gasteiger partial charge on any atom is 0.243 e. The molecule has 1 N–H and O–H groups in total. The molecule has 2 heterocycles. The van der Waals surface area contributed by atoms with Crippen molar-refractivity contribution in [2.45, 2.75) is 24.7 Å². The molecule has 7 nitrogen and oxygen atoms in total. The van der Waals surface area contributed by atoms with Crippen molar-refractivity contribution in [2.75, 3.05) is 25.0 Å². The van der Waals surface area contributed by atoms with Gasteiger partial charge in [-0.05, 0) is 43.0 Å². The normalized spacial score (nSPS) is 15.6. The molecular weight excluding hydrogens is 450 g/mol. The van der Waals surface area contributed by atoms with Crippen molar-refractivity contribution >= 4 is 33.3 Å². The quantitative estimate of drug-likeness (QED) is 0.499. The molecule has 168 valence electrons. The molecule has 2 aromatic carbocycles. The number of ketones is 1. The van der Waals surface area contributed by atoms with E-state index in [4.69, 9.17) is 16.1 Å². The fourth-order valence-corrected chi connectivity index (χ4v) is 5.23. The van der Waals surface area contributed by atoms with Gasteiger partial charge in [0, 0.05) is 35.3 Å². The summed E-state index contributed by atoms with van der Waals surface area (Å²) >= 11 is 5.90. The minimum atomic E-state index is -3.62. The SMILES string of the molecule is CC1CCN(S(=O)(=O)c2cccc(C(=O)CNc3cc(-c4ccc(Cl)cc4)no3)c2)CC1. The summed E-state index contributed by atoms with van der Waals surface area (Å²) in [6, 6.07) is 15.0. The van der Waals surface area contributed by atoms with Crippen LogP contribution in [0.15, 0.2) is 64.0 Å². The first-order valence-electron chi connectivity index (χ1n) is 10.4. The van der Waals surface area contributed by atoms with E-state index < -0.39 is 10.0 Å². The molecule has 4 rings (SSSR count). The minimum Gasteiger partial charge on any atom is -0.347 e. The number of rotatable bonds is 7. The lowest BCUT2D eigenvalue weighted by Crippen LogP contribution is -2.37. The predicted octanol–water partition coefficient (Wildman–Crippen LogP) is 4.71. The summed E-state index contributed by atoms with van der Waals surface area (Å²) in [4.78, 5) is 12.8. The number of anilines is 1.